The molecule has 0 amide bonds. The van der Waals surface area contributed by atoms with E-state index in [-0.39, 0.29) is 26.5 Å². The van der Waals surface area contributed by atoms with E-state index in [0.717, 1.165) is 11.1 Å². The number of para-hydroxylation sites is 2. The molecule has 60 heavy (non-hydrogen) atoms. The SMILES string of the molecule is CC1(C)c2[c-]c(-c3[c-]cccc3)ccc2-c2ccccc21.[W].[c-]1cccc([Si](c2ccccc2)(c2ccccc2)c2ccc3c(c2)c2ccccc2n3-c2ccccc2)c1. The predicted molar refractivity (Wildman–Crippen MR) is 250 cm³/mol. The number of fused-ring (bicyclic) bond motifs is 6. The van der Waals surface area contributed by atoms with E-state index in [4.69, 9.17) is 0 Å². The van der Waals surface area contributed by atoms with E-state index in [9.17, 15) is 0 Å². The monoisotopic (exact) mass is 952 g/mol. The van der Waals surface area contributed by atoms with Gasteiger partial charge in [0.05, 0.1) is 11.0 Å². The van der Waals surface area contributed by atoms with Gasteiger partial charge in [-0.2, -0.15) is 66.7 Å². The summed E-state index contributed by atoms with van der Waals surface area (Å²) in [5.74, 6) is 0. The van der Waals surface area contributed by atoms with Crippen molar-refractivity contribution < 1.29 is 21.1 Å². The van der Waals surface area contributed by atoms with Crippen molar-refractivity contribution in [3.63, 3.8) is 0 Å². The molecular weight excluding hydrogens is 911 g/mol. The number of benzene rings is 9. The summed E-state index contributed by atoms with van der Waals surface area (Å²) in [5.41, 5.74) is 11.2. The van der Waals surface area contributed by atoms with Gasteiger partial charge >= 0.3 is 0 Å². The van der Waals surface area contributed by atoms with Crippen LogP contribution in [-0.4, -0.2) is 12.6 Å². The number of hydrogen-bond donors (Lipinski definition) is 0. The van der Waals surface area contributed by atoms with Gasteiger partial charge in [-0.15, -0.1) is 22.9 Å². The summed E-state index contributed by atoms with van der Waals surface area (Å²) >= 11 is 0. The Kier molecular flexibility index (Phi) is 10.7. The topological polar surface area (TPSA) is 4.93 Å². The van der Waals surface area contributed by atoms with Crippen molar-refractivity contribution in [2.24, 2.45) is 0 Å². The third-order valence-electron chi connectivity index (χ3n) is 12.1. The van der Waals surface area contributed by atoms with Crippen molar-refractivity contribution >= 4 is 50.6 Å². The molecule has 1 aliphatic carbocycles. The number of nitrogens with zero attached hydrogens (tertiary/aromatic N) is 1. The van der Waals surface area contributed by atoms with Gasteiger partial charge in [-0.25, -0.2) is 11.1 Å². The number of rotatable bonds is 6. The molecule has 1 nitrogen and oxygen atoms in total. The minimum atomic E-state index is -2.62. The molecule has 0 fully saturated rings. The fraction of sp³-hybridized carbons (Fsp3) is 0.0526. The Hall–Kier alpha value is -6.31. The molecular formula is C57H42NSiW-3. The van der Waals surface area contributed by atoms with Crippen molar-refractivity contribution in [3.05, 3.63) is 248 Å². The van der Waals surface area contributed by atoms with Crippen LogP contribution < -0.4 is 20.7 Å². The van der Waals surface area contributed by atoms with Crippen LogP contribution in [0.1, 0.15) is 25.0 Å². The molecule has 1 heterocycles. The van der Waals surface area contributed by atoms with Crippen LogP contribution in [0, 0.1) is 18.2 Å². The summed E-state index contributed by atoms with van der Waals surface area (Å²) in [4.78, 5) is 0. The largest absolute Gasteiger partial charge is 0.309 e. The second kappa shape index (κ2) is 16.4. The Morgan fingerprint density at radius 2 is 1.10 bits per heavy atom. The predicted octanol–water partition coefficient (Wildman–Crippen LogP) is 11.2. The minimum Gasteiger partial charge on any atom is -0.309 e. The van der Waals surface area contributed by atoms with Crippen LogP contribution in [0.3, 0.4) is 0 Å². The van der Waals surface area contributed by atoms with E-state index in [1.165, 1.54) is 70.5 Å². The van der Waals surface area contributed by atoms with Gasteiger partial charge < -0.3 is 4.57 Å². The summed E-state index contributed by atoms with van der Waals surface area (Å²) in [6, 6.07) is 88.9. The molecule has 10 aromatic rings. The molecule has 0 saturated heterocycles. The average Bonchev–Trinajstić information content (AvgIpc) is 3.76. The van der Waals surface area contributed by atoms with Crippen molar-refractivity contribution in [1.82, 2.24) is 4.57 Å². The van der Waals surface area contributed by atoms with Crippen LogP contribution in [0.2, 0.25) is 0 Å². The molecule has 0 radical (unpaired) electrons. The second-order valence-electron chi connectivity index (χ2n) is 15.8. The van der Waals surface area contributed by atoms with Gasteiger partial charge in [0.1, 0.15) is 8.07 Å². The first-order valence-electron chi connectivity index (χ1n) is 20.4. The van der Waals surface area contributed by atoms with E-state index in [1.54, 1.807) is 0 Å². The Balaban J connectivity index is 0.000000178. The molecule has 0 unspecified atom stereocenters. The van der Waals surface area contributed by atoms with Gasteiger partial charge in [-0.3, -0.25) is 0 Å². The molecule has 288 valence electrons. The van der Waals surface area contributed by atoms with E-state index >= 15 is 0 Å². The van der Waals surface area contributed by atoms with Crippen LogP contribution >= 0.6 is 0 Å². The Bertz CT molecular complexity index is 2950. The summed E-state index contributed by atoms with van der Waals surface area (Å²) in [6.07, 6.45) is 0. The molecule has 0 spiro atoms. The molecule has 0 atom stereocenters. The van der Waals surface area contributed by atoms with Gasteiger partial charge in [0.25, 0.3) is 0 Å². The smallest absolute Gasteiger partial charge is 0.122 e. The van der Waals surface area contributed by atoms with Crippen molar-refractivity contribution in [2.75, 3.05) is 0 Å². The molecule has 9 aromatic carbocycles. The first kappa shape index (κ1) is 39.2. The minimum absolute atomic E-state index is 0. The van der Waals surface area contributed by atoms with Crippen LogP contribution in [0.4, 0.5) is 0 Å². The Morgan fingerprint density at radius 1 is 0.467 bits per heavy atom. The quantitative estimate of drug-likeness (QED) is 0.0889. The molecule has 1 aromatic heterocycles. The molecule has 1 aliphatic rings. The van der Waals surface area contributed by atoms with Crippen LogP contribution in [-0.2, 0) is 26.5 Å². The van der Waals surface area contributed by atoms with Crippen molar-refractivity contribution in [2.45, 2.75) is 19.3 Å². The zero-order valence-electron chi connectivity index (χ0n) is 33.6. The van der Waals surface area contributed by atoms with Crippen molar-refractivity contribution in [3.8, 4) is 27.9 Å². The Labute approximate surface area is 368 Å². The van der Waals surface area contributed by atoms with E-state index < -0.39 is 8.07 Å². The average molecular weight is 953 g/mol. The first-order chi connectivity index (χ1) is 29.0. The van der Waals surface area contributed by atoms with Gasteiger partial charge in [0.2, 0.25) is 0 Å². The zero-order valence-corrected chi connectivity index (χ0v) is 37.6. The molecule has 0 bridgehead atoms. The standard InChI is InChI=1S/C36H26NSi.C21H16.W/c1-5-15-28(16-6-1)37-35-24-14-13-23-33(35)34-27-32(25-26-36(34)37)38(29-17-7-2-8-18-29,30-19-9-3-10-20-30)31-21-11-4-12-22-31;1-21(2)19-11-7-6-10-17(19)18-13-12-16(14-20(18)21)15-8-4-3-5-9-15;/h1-11,13-27H;3-8,10-13H,1-2H3;/q-1;-2;. The number of aromatic nitrogens is 1. The third-order valence-corrected chi connectivity index (χ3v) is 16.9. The maximum absolute atomic E-state index is 3.65. The van der Waals surface area contributed by atoms with Gasteiger partial charge in [-0.05, 0) is 35.2 Å². The second-order valence-corrected chi connectivity index (χ2v) is 19.6. The van der Waals surface area contributed by atoms with Crippen LogP contribution in [0.15, 0.2) is 218 Å². The van der Waals surface area contributed by atoms with Crippen LogP contribution in [0.5, 0.6) is 0 Å². The molecule has 0 N–H and O–H groups in total. The van der Waals surface area contributed by atoms with E-state index in [0.29, 0.717) is 0 Å². The van der Waals surface area contributed by atoms with Gasteiger partial charge in [0.15, 0.2) is 0 Å². The van der Waals surface area contributed by atoms with Crippen LogP contribution in [0.25, 0.3) is 49.7 Å². The van der Waals surface area contributed by atoms with Gasteiger partial charge in [-0.1, -0.05) is 174 Å². The van der Waals surface area contributed by atoms with Crippen molar-refractivity contribution in [1.29, 1.82) is 0 Å². The molecule has 11 rings (SSSR count). The third kappa shape index (κ3) is 6.61. The van der Waals surface area contributed by atoms with E-state index in [2.05, 4.69) is 231 Å². The summed E-state index contributed by atoms with van der Waals surface area (Å²) in [7, 11) is -2.62. The fourth-order valence-electron chi connectivity index (χ4n) is 9.39. The maximum Gasteiger partial charge on any atom is 0.122 e. The summed E-state index contributed by atoms with van der Waals surface area (Å²) < 4.78 is 2.39. The fourth-order valence-corrected chi connectivity index (χ4v) is 14.1. The normalized spacial score (nSPS) is 12.5. The summed E-state index contributed by atoms with van der Waals surface area (Å²) in [6.45, 7) is 4.57. The number of hydrogen-bond acceptors (Lipinski definition) is 0. The maximum atomic E-state index is 3.65. The zero-order chi connectivity index (χ0) is 39.8. The van der Waals surface area contributed by atoms with E-state index in [1.807, 2.05) is 24.3 Å². The summed E-state index contributed by atoms with van der Waals surface area (Å²) in [5, 5.41) is 8.01. The first-order valence-corrected chi connectivity index (χ1v) is 22.4. The molecule has 0 aliphatic heterocycles. The van der Waals surface area contributed by atoms with Gasteiger partial charge in [0, 0.05) is 37.5 Å². The molecule has 3 heteroatoms. The molecule has 0 saturated carbocycles. The Morgan fingerprint density at radius 3 is 1.80 bits per heavy atom.